The zero-order chi connectivity index (χ0) is 31.6. The molecule has 4 aliphatic rings. The van der Waals surface area contributed by atoms with Gasteiger partial charge in [-0.05, 0) is 61.2 Å². The van der Waals surface area contributed by atoms with Gasteiger partial charge in [-0.3, -0.25) is 0 Å². The standard InChI is InChI=1S/C42H28BN5.Pt/c1-3-11-31(12-4-1)44-23-25-46(29-44)33-19-21-35-37-15-7-9-17-41(37)48-42-18-10-8-16-38(42)36-22-20-34(28-40(36)43(48)39(35)27-33)47-26-24-45(30-47)32-13-5-2-6-14-32;/h1-26,29-30H;/q-4;+4. The summed E-state index contributed by atoms with van der Waals surface area (Å²) < 4.78 is 0. The Balaban J connectivity index is 0.00000325. The van der Waals surface area contributed by atoms with Gasteiger partial charge in [0.2, 0.25) is 0 Å². The second-order valence-electron chi connectivity index (χ2n) is 12.3. The summed E-state index contributed by atoms with van der Waals surface area (Å²) in [6.07, 6.45) is 8.38. The van der Waals surface area contributed by atoms with Crippen LogP contribution in [-0.4, -0.2) is 6.85 Å². The summed E-state index contributed by atoms with van der Waals surface area (Å²) in [6, 6.07) is 55.0. The van der Waals surface area contributed by atoms with Gasteiger partial charge >= 0.3 is 21.1 Å². The van der Waals surface area contributed by atoms with Gasteiger partial charge in [-0.2, -0.15) is 35.2 Å². The number of fused-ring (bicyclic) bond motifs is 11. The molecule has 6 aromatic rings. The molecule has 0 fully saturated rings. The van der Waals surface area contributed by atoms with Crippen molar-refractivity contribution in [3.05, 3.63) is 184 Å². The summed E-state index contributed by atoms with van der Waals surface area (Å²) in [5, 5.41) is 0. The van der Waals surface area contributed by atoms with Crippen molar-refractivity contribution in [2.45, 2.75) is 0 Å². The van der Waals surface area contributed by atoms with Crippen LogP contribution in [0.4, 0.5) is 34.1 Å². The van der Waals surface area contributed by atoms with Crippen molar-refractivity contribution < 1.29 is 21.1 Å². The van der Waals surface area contributed by atoms with Crippen LogP contribution in [-0.2, 0) is 21.1 Å². The van der Waals surface area contributed by atoms with Crippen LogP contribution in [0.5, 0.6) is 0 Å². The maximum Gasteiger partial charge on any atom is 4.00 e. The molecule has 0 atom stereocenters. The second-order valence-corrected chi connectivity index (χ2v) is 12.3. The van der Waals surface area contributed by atoms with E-state index in [9.17, 15) is 0 Å². The van der Waals surface area contributed by atoms with Crippen LogP contribution in [0.2, 0.25) is 0 Å². The topological polar surface area (TPSA) is 16.2 Å². The third-order valence-corrected chi connectivity index (χ3v) is 9.57. The normalized spacial score (nSPS) is 15.0. The zero-order valence-electron chi connectivity index (χ0n) is 26.3. The van der Waals surface area contributed by atoms with E-state index in [2.05, 4.69) is 196 Å². The van der Waals surface area contributed by atoms with Crippen LogP contribution < -0.4 is 35.3 Å². The minimum Gasteiger partial charge on any atom is -0.500 e. The molecule has 5 nitrogen and oxygen atoms in total. The molecule has 0 saturated carbocycles. The number of para-hydroxylation sites is 4. The minimum absolute atomic E-state index is 0. The van der Waals surface area contributed by atoms with Crippen LogP contribution in [0.15, 0.2) is 158 Å². The molecule has 0 N–H and O–H groups in total. The van der Waals surface area contributed by atoms with Gasteiger partial charge in [0, 0.05) is 22.7 Å². The summed E-state index contributed by atoms with van der Waals surface area (Å²) in [6.45, 7) is 4.11. The Morgan fingerprint density at radius 1 is 0.408 bits per heavy atom. The Kier molecular flexibility index (Phi) is 7.21. The van der Waals surface area contributed by atoms with Crippen molar-refractivity contribution in [2.24, 2.45) is 0 Å². The fraction of sp³-hybridized carbons (Fsp3) is 0. The summed E-state index contributed by atoms with van der Waals surface area (Å²) in [5.41, 5.74) is 13.7. The average molecular weight is 809 g/mol. The first-order chi connectivity index (χ1) is 23.8. The van der Waals surface area contributed by atoms with E-state index in [0.717, 1.165) is 33.7 Å². The van der Waals surface area contributed by atoms with E-state index >= 15 is 0 Å². The summed E-state index contributed by atoms with van der Waals surface area (Å²) >= 11 is 0. The largest absolute Gasteiger partial charge is 4.00 e. The predicted molar refractivity (Wildman–Crippen MR) is 198 cm³/mol. The Labute approximate surface area is 302 Å². The van der Waals surface area contributed by atoms with Crippen LogP contribution in [0, 0.1) is 25.5 Å². The van der Waals surface area contributed by atoms with Crippen LogP contribution in [0.25, 0.3) is 22.3 Å². The van der Waals surface area contributed by atoms with Gasteiger partial charge in [-0.15, -0.1) is 48.0 Å². The van der Waals surface area contributed by atoms with Crippen molar-refractivity contribution in [3.8, 4) is 22.3 Å². The Morgan fingerprint density at radius 3 is 1.29 bits per heavy atom. The van der Waals surface area contributed by atoms with Crippen molar-refractivity contribution in [1.29, 1.82) is 0 Å². The van der Waals surface area contributed by atoms with Crippen LogP contribution >= 0.6 is 0 Å². The molecule has 7 heteroatoms. The number of hydrogen-bond donors (Lipinski definition) is 0. The molecule has 0 radical (unpaired) electrons. The average Bonchev–Trinajstić information content (AvgIpc) is 3.87. The molecule has 0 aliphatic carbocycles. The van der Waals surface area contributed by atoms with Gasteiger partial charge in [0.1, 0.15) is 0 Å². The van der Waals surface area contributed by atoms with Gasteiger partial charge in [0.15, 0.2) is 0 Å². The van der Waals surface area contributed by atoms with E-state index in [1.165, 1.54) is 33.6 Å². The summed E-state index contributed by atoms with van der Waals surface area (Å²) in [7, 11) is 0. The molecule has 234 valence electrons. The van der Waals surface area contributed by atoms with Crippen LogP contribution in [0.1, 0.15) is 0 Å². The van der Waals surface area contributed by atoms with Gasteiger partial charge < -0.3 is 24.4 Å². The van der Waals surface area contributed by atoms with E-state index < -0.39 is 0 Å². The fourth-order valence-electron chi connectivity index (χ4n) is 7.33. The molecule has 49 heavy (non-hydrogen) atoms. The first kappa shape index (κ1) is 29.7. The maximum atomic E-state index is 3.92. The van der Waals surface area contributed by atoms with Crippen molar-refractivity contribution in [3.63, 3.8) is 0 Å². The monoisotopic (exact) mass is 808 g/mol. The Hall–Kier alpha value is -5.45. The molecule has 0 bridgehead atoms. The van der Waals surface area contributed by atoms with E-state index in [1.54, 1.807) is 0 Å². The molecule has 0 saturated heterocycles. The summed E-state index contributed by atoms with van der Waals surface area (Å²) in [5.74, 6) is 0. The number of rotatable bonds is 4. The molecule has 0 amide bonds. The third-order valence-electron chi connectivity index (χ3n) is 9.57. The van der Waals surface area contributed by atoms with Gasteiger partial charge in [-0.1, -0.05) is 83.9 Å². The molecule has 0 spiro atoms. The summed E-state index contributed by atoms with van der Waals surface area (Å²) in [4.78, 5) is 11.1. The number of nitrogens with zero attached hydrogens (tertiary/aromatic N) is 5. The van der Waals surface area contributed by atoms with Crippen molar-refractivity contribution in [2.75, 3.05) is 24.4 Å². The van der Waals surface area contributed by atoms with Crippen molar-refractivity contribution in [1.82, 2.24) is 0 Å². The van der Waals surface area contributed by atoms with E-state index in [0.29, 0.717) is 0 Å². The molecular formula is C42H28BN5Pt. The van der Waals surface area contributed by atoms with Gasteiger partial charge in [-0.25, -0.2) is 0 Å². The fourth-order valence-corrected chi connectivity index (χ4v) is 7.33. The Morgan fingerprint density at radius 2 is 0.816 bits per heavy atom. The first-order valence-electron chi connectivity index (χ1n) is 16.2. The maximum absolute atomic E-state index is 3.92. The van der Waals surface area contributed by atoms with Crippen LogP contribution in [0.3, 0.4) is 0 Å². The smallest absolute Gasteiger partial charge is 0.500 e. The van der Waals surface area contributed by atoms with E-state index in [4.69, 9.17) is 0 Å². The molecule has 10 rings (SSSR count). The molecular weight excluding hydrogens is 780 g/mol. The third kappa shape index (κ3) is 4.82. The number of hydrogen-bond acceptors (Lipinski definition) is 5. The molecule has 0 unspecified atom stereocenters. The quantitative estimate of drug-likeness (QED) is 0.132. The number of anilines is 6. The van der Waals surface area contributed by atoms with Gasteiger partial charge in [0.25, 0.3) is 6.85 Å². The second kappa shape index (κ2) is 11.9. The van der Waals surface area contributed by atoms with E-state index in [1.807, 2.05) is 12.1 Å². The minimum atomic E-state index is -0.117. The SMILES string of the molecule is [Pt+4].[c-]1c(N2C=CN(c3ccccc3)[CH-]2)ccc2c1B1c3[c-]c(N4C=CN(c5ccccc5)[CH-]4)ccc3-c3ccccc3N1c1ccccc1-2. The van der Waals surface area contributed by atoms with Crippen molar-refractivity contribution >= 4 is 51.9 Å². The van der Waals surface area contributed by atoms with Gasteiger partial charge in [0.05, 0.1) is 0 Å². The number of benzene rings is 6. The molecule has 4 heterocycles. The zero-order valence-corrected chi connectivity index (χ0v) is 28.6. The van der Waals surface area contributed by atoms with E-state index in [-0.39, 0.29) is 27.9 Å². The molecule has 4 aliphatic heterocycles. The molecule has 6 aromatic carbocycles. The Bertz CT molecular complexity index is 2100. The molecule has 0 aromatic heterocycles. The first-order valence-corrected chi connectivity index (χ1v) is 16.2. The predicted octanol–water partition coefficient (Wildman–Crippen LogP) is 8.02.